The number of fused-ring (bicyclic) bond motifs is 2. The second kappa shape index (κ2) is 7.46. The van der Waals surface area contributed by atoms with E-state index >= 15 is 0 Å². The Hall–Kier alpha value is -3.38. The highest BCUT2D eigenvalue weighted by atomic mass is 16.4. The summed E-state index contributed by atoms with van der Waals surface area (Å²) in [4.78, 5) is 18.5. The van der Waals surface area contributed by atoms with Crippen molar-refractivity contribution < 1.29 is 9.90 Å². The van der Waals surface area contributed by atoms with E-state index in [1.54, 1.807) is 0 Å². The van der Waals surface area contributed by atoms with Crippen molar-refractivity contribution in [2.24, 2.45) is 5.92 Å². The summed E-state index contributed by atoms with van der Waals surface area (Å²) in [5.41, 5.74) is 10.7. The van der Waals surface area contributed by atoms with Crippen LogP contribution >= 0.6 is 0 Å². The number of pyridine rings is 1. The van der Waals surface area contributed by atoms with Crippen LogP contribution in [0.3, 0.4) is 0 Å². The first-order valence-electron chi connectivity index (χ1n) is 10.3. The van der Waals surface area contributed by atoms with Crippen LogP contribution in [-0.4, -0.2) is 38.4 Å². The van der Waals surface area contributed by atoms with E-state index < -0.39 is 5.97 Å². The minimum Gasteiger partial charge on any atom is -0.481 e. The fourth-order valence-corrected chi connectivity index (χ4v) is 4.38. The molecule has 2 aromatic heterocycles. The molecule has 1 aliphatic heterocycles. The van der Waals surface area contributed by atoms with Gasteiger partial charge in [-0.1, -0.05) is 36.4 Å². The smallest absolute Gasteiger partial charge is 0.306 e. The first-order valence-corrected chi connectivity index (χ1v) is 10.3. The van der Waals surface area contributed by atoms with Crippen molar-refractivity contribution in [3.05, 3.63) is 66.5 Å². The maximum absolute atomic E-state index is 11.3. The number of piperidine rings is 1. The lowest BCUT2D eigenvalue weighted by Gasteiger charge is -2.30. The molecule has 0 aliphatic carbocycles. The lowest BCUT2D eigenvalue weighted by Crippen LogP contribution is -2.36. The Morgan fingerprint density at radius 3 is 2.60 bits per heavy atom. The van der Waals surface area contributed by atoms with E-state index in [1.165, 1.54) is 10.8 Å². The number of aliphatic carboxylic acids is 1. The molecule has 0 atom stereocenters. The molecule has 4 aromatic rings. The number of hydrogen-bond acceptors (Lipinski definition) is 4. The number of likely N-dealkylation sites (tertiary alicyclic amines) is 1. The van der Waals surface area contributed by atoms with Gasteiger partial charge in [0.15, 0.2) is 0 Å². The van der Waals surface area contributed by atoms with E-state index in [0.29, 0.717) is 25.1 Å². The number of hydrogen-bond donors (Lipinski definition) is 2. The Labute approximate surface area is 174 Å². The highest BCUT2D eigenvalue weighted by Gasteiger charge is 2.26. The molecule has 0 radical (unpaired) electrons. The molecule has 1 fully saturated rings. The molecule has 0 unspecified atom stereocenters. The number of imidazole rings is 1. The van der Waals surface area contributed by atoms with Crippen molar-refractivity contribution in [1.82, 2.24) is 14.3 Å². The molecule has 3 heterocycles. The third-order valence-corrected chi connectivity index (χ3v) is 6.07. The van der Waals surface area contributed by atoms with Crippen LogP contribution in [0.2, 0.25) is 0 Å². The second-order valence-electron chi connectivity index (χ2n) is 8.05. The van der Waals surface area contributed by atoms with E-state index in [4.69, 9.17) is 10.7 Å². The van der Waals surface area contributed by atoms with E-state index in [0.717, 1.165) is 35.7 Å². The molecule has 0 saturated carbocycles. The number of nitrogens with zero attached hydrogens (tertiary/aromatic N) is 3. The van der Waals surface area contributed by atoms with Gasteiger partial charge in [0, 0.05) is 24.0 Å². The molecule has 6 nitrogen and oxygen atoms in total. The van der Waals surface area contributed by atoms with Gasteiger partial charge in [-0.25, -0.2) is 4.98 Å². The molecule has 1 aliphatic rings. The van der Waals surface area contributed by atoms with Gasteiger partial charge in [0.05, 0.1) is 17.3 Å². The van der Waals surface area contributed by atoms with Crippen molar-refractivity contribution in [3.63, 3.8) is 0 Å². The van der Waals surface area contributed by atoms with Crippen molar-refractivity contribution in [2.45, 2.75) is 19.4 Å². The van der Waals surface area contributed by atoms with Gasteiger partial charge in [-0.2, -0.15) is 0 Å². The van der Waals surface area contributed by atoms with Gasteiger partial charge in [-0.05, 0) is 54.9 Å². The Morgan fingerprint density at radius 2 is 1.83 bits per heavy atom. The zero-order valence-electron chi connectivity index (χ0n) is 16.7. The van der Waals surface area contributed by atoms with E-state index in [2.05, 4.69) is 39.6 Å². The molecule has 0 amide bonds. The Bertz CT molecular complexity index is 1240. The van der Waals surface area contributed by atoms with Crippen molar-refractivity contribution in [1.29, 1.82) is 0 Å². The summed E-state index contributed by atoms with van der Waals surface area (Å²) in [5.74, 6) is -0.923. The van der Waals surface area contributed by atoms with Gasteiger partial charge in [0.25, 0.3) is 0 Å². The van der Waals surface area contributed by atoms with E-state index in [-0.39, 0.29) is 5.92 Å². The maximum atomic E-state index is 11.3. The topological polar surface area (TPSA) is 83.9 Å². The normalized spacial score (nSPS) is 15.7. The number of carboxylic acids is 1. The number of benzene rings is 2. The quantitative estimate of drug-likeness (QED) is 0.540. The molecule has 152 valence electrons. The highest BCUT2D eigenvalue weighted by molar-refractivity contribution is 5.87. The number of rotatable bonds is 4. The third kappa shape index (κ3) is 3.39. The van der Waals surface area contributed by atoms with Crippen molar-refractivity contribution in [2.75, 3.05) is 18.8 Å². The highest BCUT2D eigenvalue weighted by Crippen LogP contribution is 2.30. The second-order valence-corrected chi connectivity index (χ2v) is 8.05. The largest absolute Gasteiger partial charge is 0.481 e. The number of aromatic nitrogens is 2. The molecular weight excluding hydrogens is 376 g/mol. The van der Waals surface area contributed by atoms with Gasteiger partial charge < -0.3 is 15.2 Å². The number of carboxylic acid groups (broad SMARTS) is 1. The molecule has 3 N–H and O–H groups in total. The van der Waals surface area contributed by atoms with Crippen LogP contribution < -0.4 is 5.73 Å². The molecule has 0 bridgehead atoms. The Balaban J connectivity index is 1.55. The fraction of sp³-hybridized carbons (Fsp3) is 0.250. The standard InChI is InChI=1S/C24H24N4O2/c25-20-7-8-22-26-23(19-6-5-16-3-1-2-4-18(16)13-19)21(28(22)14-20)15-27-11-9-17(10-12-27)24(29)30/h1-8,13-14,17H,9-12,15,25H2,(H,29,30). The maximum Gasteiger partial charge on any atom is 0.306 e. The first-order chi connectivity index (χ1) is 14.6. The molecular formula is C24H24N4O2. The average molecular weight is 400 g/mol. The molecule has 2 aromatic carbocycles. The van der Waals surface area contributed by atoms with E-state index in [1.807, 2.05) is 30.5 Å². The van der Waals surface area contributed by atoms with Crippen molar-refractivity contribution >= 4 is 28.1 Å². The van der Waals surface area contributed by atoms with Crippen LogP contribution in [0.4, 0.5) is 5.69 Å². The van der Waals surface area contributed by atoms with Crippen LogP contribution in [0, 0.1) is 5.92 Å². The molecule has 6 heteroatoms. The van der Waals surface area contributed by atoms with Gasteiger partial charge in [0.2, 0.25) is 0 Å². The van der Waals surface area contributed by atoms with Crippen LogP contribution in [0.5, 0.6) is 0 Å². The van der Waals surface area contributed by atoms with Gasteiger partial charge >= 0.3 is 5.97 Å². The summed E-state index contributed by atoms with van der Waals surface area (Å²) >= 11 is 0. The Morgan fingerprint density at radius 1 is 1.07 bits per heavy atom. The summed E-state index contributed by atoms with van der Waals surface area (Å²) in [7, 11) is 0. The average Bonchev–Trinajstić information content (AvgIpc) is 3.11. The minimum absolute atomic E-state index is 0.237. The Kier molecular flexibility index (Phi) is 4.64. The SMILES string of the molecule is Nc1ccc2nc(-c3ccc4ccccc4c3)c(CN3CCC(C(=O)O)CC3)n2c1. The zero-order valence-corrected chi connectivity index (χ0v) is 16.7. The summed E-state index contributed by atoms with van der Waals surface area (Å²) < 4.78 is 2.07. The number of carbonyl (C=O) groups is 1. The summed E-state index contributed by atoms with van der Waals surface area (Å²) in [6.45, 7) is 2.24. The lowest BCUT2D eigenvalue weighted by molar-refractivity contribution is -0.143. The van der Waals surface area contributed by atoms with Crippen LogP contribution in [0.15, 0.2) is 60.8 Å². The van der Waals surface area contributed by atoms with Gasteiger partial charge in [-0.3, -0.25) is 9.69 Å². The minimum atomic E-state index is -0.686. The monoisotopic (exact) mass is 400 g/mol. The molecule has 30 heavy (non-hydrogen) atoms. The van der Waals surface area contributed by atoms with Crippen LogP contribution in [-0.2, 0) is 11.3 Å². The predicted molar refractivity (Wildman–Crippen MR) is 118 cm³/mol. The molecule has 1 saturated heterocycles. The van der Waals surface area contributed by atoms with Gasteiger partial charge in [0.1, 0.15) is 5.65 Å². The summed E-state index contributed by atoms with van der Waals surface area (Å²) in [6.07, 6.45) is 3.28. The number of anilines is 1. The predicted octanol–water partition coefficient (Wildman–Crippen LogP) is 4.03. The molecule has 0 spiro atoms. The van der Waals surface area contributed by atoms with Gasteiger partial charge in [-0.15, -0.1) is 0 Å². The first kappa shape index (κ1) is 18.6. The van der Waals surface area contributed by atoms with E-state index in [9.17, 15) is 9.90 Å². The number of nitrogens with two attached hydrogens (primary N) is 1. The summed E-state index contributed by atoms with van der Waals surface area (Å²) in [6, 6.07) is 18.6. The lowest BCUT2D eigenvalue weighted by atomic mass is 9.97. The summed E-state index contributed by atoms with van der Waals surface area (Å²) in [5, 5.41) is 11.7. The molecule has 5 rings (SSSR count). The van der Waals surface area contributed by atoms with Crippen LogP contribution in [0.25, 0.3) is 27.7 Å². The number of nitrogen functional groups attached to an aromatic ring is 1. The zero-order chi connectivity index (χ0) is 20.7. The third-order valence-electron chi connectivity index (χ3n) is 6.07. The van der Waals surface area contributed by atoms with Crippen molar-refractivity contribution in [3.8, 4) is 11.3 Å². The fourth-order valence-electron chi connectivity index (χ4n) is 4.38. The van der Waals surface area contributed by atoms with Crippen LogP contribution in [0.1, 0.15) is 18.5 Å².